The highest BCUT2D eigenvalue weighted by Crippen LogP contribution is 2.53. The number of carbonyl (C=O) groups excluding carboxylic acids is 3. The Labute approximate surface area is 163 Å². The van der Waals surface area contributed by atoms with E-state index in [-0.39, 0.29) is 29.8 Å². The van der Waals surface area contributed by atoms with Crippen LogP contribution in [-0.4, -0.2) is 46.7 Å². The van der Waals surface area contributed by atoms with Gasteiger partial charge in [-0.05, 0) is 37.8 Å². The van der Waals surface area contributed by atoms with Gasteiger partial charge in [-0.15, -0.1) is 0 Å². The number of thioether (sulfide) groups is 1. The molecule has 3 aliphatic heterocycles. The van der Waals surface area contributed by atoms with Crippen LogP contribution in [0.1, 0.15) is 32.3 Å². The fourth-order valence-electron chi connectivity index (χ4n) is 4.89. The second-order valence-electron chi connectivity index (χ2n) is 7.65. The van der Waals surface area contributed by atoms with Gasteiger partial charge in [-0.2, -0.15) is 11.8 Å². The lowest BCUT2D eigenvalue weighted by molar-refractivity contribution is -0.145. The SMILES string of the molecule is CC[C@H](C)N1C(=O)[C@@H]2[C@H](CCSC)N[C@@]3(C(=O)Nc4ccccc43)[C@@H]2C1=O. The van der Waals surface area contributed by atoms with Crippen molar-refractivity contribution in [3.63, 3.8) is 0 Å². The van der Waals surface area contributed by atoms with E-state index in [4.69, 9.17) is 0 Å². The molecule has 0 saturated carbocycles. The fraction of sp³-hybridized carbons (Fsp3) is 0.550. The van der Waals surface area contributed by atoms with Gasteiger partial charge in [0, 0.05) is 23.3 Å². The maximum absolute atomic E-state index is 13.4. The number of hydrogen-bond acceptors (Lipinski definition) is 5. The van der Waals surface area contributed by atoms with Gasteiger partial charge < -0.3 is 5.32 Å². The van der Waals surface area contributed by atoms with Gasteiger partial charge in [-0.25, -0.2) is 0 Å². The average molecular weight is 388 g/mol. The highest BCUT2D eigenvalue weighted by Gasteiger charge is 2.70. The van der Waals surface area contributed by atoms with Crippen molar-refractivity contribution in [2.75, 3.05) is 17.3 Å². The molecule has 5 atom stereocenters. The van der Waals surface area contributed by atoms with E-state index >= 15 is 0 Å². The number of nitrogens with one attached hydrogen (secondary N) is 2. The van der Waals surface area contributed by atoms with Gasteiger partial charge in [-0.1, -0.05) is 25.1 Å². The topological polar surface area (TPSA) is 78.5 Å². The predicted molar refractivity (Wildman–Crippen MR) is 105 cm³/mol. The third-order valence-corrected chi connectivity index (χ3v) is 6.97. The molecule has 27 heavy (non-hydrogen) atoms. The molecule has 2 fully saturated rings. The van der Waals surface area contributed by atoms with E-state index in [0.29, 0.717) is 6.42 Å². The van der Waals surface area contributed by atoms with Crippen molar-refractivity contribution >= 4 is 35.2 Å². The highest BCUT2D eigenvalue weighted by atomic mass is 32.2. The predicted octanol–water partition coefficient (Wildman–Crippen LogP) is 1.96. The Hall–Kier alpha value is -1.86. The summed E-state index contributed by atoms with van der Waals surface area (Å²) in [6.07, 6.45) is 3.47. The molecule has 1 aromatic rings. The van der Waals surface area contributed by atoms with Crippen LogP contribution in [-0.2, 0) is 19.9 Å². The number of fused-ring (bicyclic) bond motifs is 4. The minimum absolute atomic E-state index is 0.132. The van der Waals surface area contributed by atoms with Crippen molar-refractivity contribution in [2.24, 2.45) is 11.8 Å². The zero-order valence-electron chi connectivity index (χ0n) is 15.8. The zero-order chi connectivity index (χ0) is 19.3. The molecule has 4 rings (SSSR count). The maximum atomic E-state index is 13.4. The van der Waals surface area contributed by atoms with Gasteiger partial charge in [0.15, 0.2) is 0 Å². The van der Waals surface area contributed by atoms with Crippen LogP contribution < -0.4 is 10.6 Å². The van der Waals surface area contributed by atoms with Crippen molar-refractivity contribution in [1.82, 2.24) is 10.2 Å². The van der Waals surface area contributed by atoms with Crippen molar-refractivity contribution in [2.45, 2.75) is 44.3 Å². The Balaban J connectivity index is 1.84. The molecule has 0 radical (unpaired) electrons. The number of imide groups is 1. The van der Waals surface area contributed by atoms with Crippen molar-refractivity contribution in [1.29, 1.82) is 0 Å². The van der Waals surface area contributed by atoms with Gasteiger partial charge >= 0.3 is 0 Å². The number of hydrogen-bond donors (Lipinski definition) is 2. The lowest BCUT2D eigenvalue weighted by atomic mass is 9.76. The molecule has 2 saturated heterocycles. The van der Waals surface area contributed by atoms with E-state index in [1.54, 1.807) is 11.8 Å². The van der Waals surface area contributed by atoms with Gasteiger partial charge in [0.2, 0.25) is 17.7 Å². The minimum atomic E-state index is -1.15. The van der Waals surface area contributed by atoms with E-state index < -0.39 is 17.4 Å². The standard InChI is InChI=1S/C20H25N3O3S/c1-4-11(2)23-17(24)15-14(9-10-27-3)22-20(16(15)18(23)25)12-7-5-6-8-13(12)21-19(20)26/h5-8,11,14-16,22H,4,9-10H2,1-3H3,(H,21,26)/t11-,14-,15+,16-,20+/m0/s1. The number of para-hydroxylation sites is 1. The van der Waals surface area contributed by atoms with Crippen molar-refractivity contribution < 1.29 is 14.4 Å². The molecule has 144 valence electrons. The van der Waals surface area contributed by atoms with Crippen LogP contribution in [0.4, 0.5) is 5.69 Å². The quantitative estimate of drug-likeness (QED) is 0.755. The van der Waals surface area contributed by atoms with Gasteiger partial charge in [-0.3, -0.25) is 24.6 Å². The van der Waals surface area contributed by atoms with Crippen molar-refractivity contribution in [3.8, 4) is 0 Å². The number of amides is 3. The van der Waals surface area contributed by atoms with Crippen LogP contribution in [0.15, 0.2) is 24.3 Å². The number of carbonyl (C=O) groups is 3. The lowest BCUT2D eigenvalue weighted by Crippen LogP contribution is -2.54. The lowest BCUT2D eigenvalue weighted by Gasteiger charge is -2.31. The third-order valence-electron chi connectivity index (χ3n) is 6.32. The number of likely N-dealkylation sites (tertiary alicyclic amines) is 1. The molecule has 0 aromatic heterocycles. The minimum Gasteiger partial charge on any atom is -0.324 e. The van der Waals surface area contributed by atoms with E-state index in [9.17, 15) is 14.4 Å². The van der Waals surface area contributed by atoms with E-state index in [0.717, 1.165) is 23.4 Å². The average Bonchev–Trinajstić information content (AvgIpc) is 3.24. The van der Waals surface area contributed by atoms with Gasteiger partial charge in [0.05, 0.1) is 11.8 Å². The normalized spacial score (nSPS) is 32.8. The second-order valence-corrected chi connectivity index (χ2v) is 8.63. The summed E-state index contributed by atoms with van der Waals surface area (Å²) in [6, 6.07) is 7.13. The van der Waals surface area contributed by atoms with Crippen LogP contribution in [0.5, 0.6) is 0 Å². The molecule has 0 unspecified atom stereocenters. The first kappa shape index (κ1) is 18.5. The van der Waals surface area contributed by atoms with Crippen LogP contribution >= 0.6 is 11.8 Å². The summed E-state index contributed by atoms with van der Waals surface area (Å²) in [5.74, 6) is -0.884. The van der Waals surface area contributed by atoms with Gasteiger partial charge in [0.1, 0.15) is 5.54 Å². The Bertz CT molecular complexity index is 813. The molecule has 1 aromatic carbocycles. The Morgan fingerprint density at radius 1 is 1.22 bits per heavy atom. The Morgan fingerprint density at radius 3 is 2.67 bits per heavy atom. The maximum Gasteiger partial charge on any atom is 0.250 e. The molecule has 0 bridgehead atoms. The molecule has 6 nitrogen and oxygen atoms in total. The molecule has 2 N–H and O–H groups in total. The molecule has 3 heterocycles. The summed E-state index contributed by atoms with van der Waals surface area (Å²) < 4.78 is 0. The number of benzene rings is 1. The molecule has 3 amide bonds. The van der Waals surface area contributed by atoms with E-state index in [1.165, 1.54) is 4.90 Å². The van der Waals surface area contributed by atoms with Crippen LogP contribution in [0, 0.1) is 11.8 Å². The first-order valence-electron chi connectivity index (χ1n) is 9.51. The molecule has 1 spiro atoms. The van der Waals surface area contributed by atoms with E-state index in [2.05, 4.69) is 10.6 Å². The van der Waals surface area contributed by atoms with Gasteiger partial charge in [0.25, 0.3) is 0 Å². The zero-order valence-corrected chi connectivity index (χ0v) is 16.6. The molecule has 7 heteroatoms. The first-order valence-corrected chi connectivity index (χ1v) is 10.9. The molecular weight excluding hydrogens is 362 g/mol. The third kappa shape index (κ3) is 2.41. The monoisotopic (exact) mass is 387 g/mol. The smallest absolute Gasteiger partial charge is 0.250 e. The number of anilines is 1. The number of rotatable bonds is 5. The Kier molecular flexibility index (Phi) is 4.55. The van der Waals surface area contributed by atoms with E-state index in [1.807, 2.05) is 44.4 Å². The largest absolute Gasteiger partial charge is 0.324 e. The summed E-state index contributed by atoms with van der Waals surface area (Å²) in [7, 11) is 0. The number of nitrogens with zero attached hydrogens (tertiary/aromatic N) is 1. The summed E-state index contributed by atoms with van der Waals surface area (Å²) in [5, 5.41) is 6.38. The summed E-state index contributed by atoms with van der Waals surface area (Å²) in [4.78, 5) is 41.2. The highest BCUT2D eigenvalue weighted by molar-refractivity contribution is 7.98. The Morgan fingerprint density at radius 2 is 1.96 bits per heavy atom. The molecular formula is C20H25N3O3S. The molecule has 0 aliphatic carbocycles. The summed E-state index contributed by atoms with van der Waals surface area (Å²) in [5.41, 5.74) is 0.351. The van der Waals surface area contributed by atoms with Crippen LogP contribution in [0.25, 0.3) is 0 Å². The summed E-state index contributed by atoms with van der Waals surface area (Å²) in [6.45, 7) is 3.87. The first-order chi connectivity index (χ1) is 13.0. The summed E-state index contributed by atoms with van der Waals surface area (Å²) >= 11 is 1.70. The van der Waals surface area contributed by atoms with Crippen LogP contribution in [0.3, 0.4) is 0 Å². The van der Waals surface area contributed by atoms with Crippen LogP contribution in [0.2, 0.25) is 0 Å². The molecule has 3 aliphatic rings. The fourth-order valence-corrected chi connectivity index (χ4v) is 5.38. The van der Waals surface area contributed by atoms with Crippen molar-refractivity contribution in [3.05, 3.63) is 29.8 Å². The second kappa shape index (κ2) is 6.63.